The van der Waals surface area contributed by atoms with Crippen molar-refractivity contribution < 1.29 is 30.0 Å². The molecule has 4 aromatic rings. The van der Waals surface area contributed by atoms with E-state index in [9.17, 15) is 9.59 Å². The Labute approximate surface area is 182 Å². The fourth-order valence-electron chi connectivity index (χ4n) is 2.88. The van der Waals surface area contributed by atoms with Crippen LogP contribution >= 0.6 is 0 Å². The highest BCUT2D eigenvalue weighted by Gasteiger charge is 2.10. The number of carbonyl (C=O) groups is 2. The number of fused-ring (bicyclic) bond motifs is 2. The molecule has 0 fully saturated rings. The Balaban J connectivity index is 0.00000181. The number of carbonyl (C=O) groups excluding carboxylic acids is 2. The number of hydrazine groups is 1. The van der Waals surface area contributed by atoms with Crippen LogP contribution in [0.15, 0.2) is 73.1 Å². The monoisotopic (exact) mass is 438 g/mol. The van der Waals surface area contributed by atoms with Gasteiger partial charge in [-0.3, -0.25) is 30.4 Å². The van der Waals surface area contributed by atoms with Crippen LogP contribution in [0.25, 0.3) is 21.8 Å². The number of amides is 2. The Kier molecular flexibility index (Phi) is 8.40. The summed E-state index contributed by atoms with van der Waals surface area (Å²) in [6.45, 7) is -0.547. The highest BCUT2D eigenvalue weighted by Crippen LogP contribution is 2.23. The number of ether oxygens (including phenoxy) is 2. The summed E-state index contributed by atoms with van der Waals surface area (Å²) in [4.78, 5) is 32.5. The summed E-state index contributed by atoms with van der Waals surface area (Å²) >= 11 is 0. The molecule has 2 aromatic carbocycles. The van der Waals surface area contributed by atoms with Gasteiger partial charge < -0.3 is 20.4 Å². The van der Waals surface area contributed by atoms with Crippen molar-refractivity contribution in [2.75, 3.05) is 13.2 Å². The molecule has 2 heterocycles. The Bertz CT molecular complexity index is 1110. The summed E-state index contributed by atoms with van der Waals surface area (Å²) in [5, 5.41) is 1.81. The molecule has 0 atom stereocenters. The third-order valence-electron chi connectivity index (χ3n) is 4.25. The minimum Gasteiger partial charge on any atom is -0.481 e. The number of hydrogen-bond donors (Lipinski definition) is 2. The molecule has 166 valence electrons. The van der Waals surface area contributed by atoms with E-state index in [0.717, 1.165) is 10.8 Å². The van der Waals surface area contributed by atoms with Crippen LogP contribution in [-0.2, 0) is 9.59 Å². The number of pyridine rings is 2. The lowest BCUT2D eigenvalue weighted by molar-refractivity contribution is -0.130. The van der Waals surface area contributed by atoms with Crippen molar-refractivity contribution in [1.29, 1.82) is 0 Å². The Morgan fingerprint density at radius 3 is 1.50 bits per heavy atom. The normalized spacial score (nSPS) is 9.88. The number of aromatic nitrogens is 2. The first-order valence-corrected chi connectivity index (χ1v) is 9.21. The van der Waals surface area contributed by atoms with Crippen molar-refractivity contribution in [3.8, 4) is 11.5 Å². The second-order valence-electron chi connectivity index (χ2n) is 6.34. The van der Waals surface area contributed by atoms with Gasteiger partial charge in [0.25, 0.3) is 11.8 Å². The summed E-state index contributed by atoms with van der Waals surface area (Å²) in [6, 6.07) is 18.4. The molecule has 2 amide bonds. The summed E-state index contributed by atoms with van der Waals surface area (Å²) in [6.07, 6.45) is 3.31. The fourth-order valence-corrected chi connectivity index (χ4v) is 2.88. The average Bonchev–Trinajstić information content (AvgIpc) is 2.80. The molecule has 0 bridgehead atoms. The van der Waals surface area contributed by atoms with Crippen LogP contribution in [0.4, 0.5) is 0 Å². The quantitative estimate of drug-likeness (QED) is 0.421. The first-order valence-electron chi connectivity index (χ1n) is 9.21. The second-order valence-corrected chi connectivity index (χ2v) is 6.34. The van der Waals surface area contributed by atoms with Gasteiger partial charge in [-0.2, -0.15) is 0 Å². The lowest BCUT2D eigenvalue weighted by Crippen LogP contribution is -2.45. The smallest absolute Gasteiger partial charge is 0.276 e. The minimum atomic E-state index is -0.511. The first kappa shape index (κ1) is 24.0. The maximum absolute atomic E-state index is 12.0. The number of rotatable bonds is 6. The first-order chi connectivity index (χ1) is 14.7. The molecule has 10 nitrogen and oxygen atoms in total. The zero-order valence-corrected chi connectivity index (χ0v) is 16.9. The third-order valence-corrected chi connectivity index (χ3v) is 4.25. The summed E-state index contributed by atoms with van der Waals surface area (Å²) < 4.78 is 11.1. The van der Waals surface area contributed by atoms with Crippen LogP contribution in [0.1, 0.15) is 0 Å². The van der Waals surface area contributed by atoms with Gasteiger partial charge in [0.2, 0.25) is 0 Å². The third kappa shape index (κ3) is 5.65. The van der Waals surface area contributed by atoms with Crippen LogP contribution in [0.2, 0.25) is 0 Å². The van der Waals surface area contributed by atoms with E-state index in [1.165, 1.54) is 0 Å². The number of benzene rings is 2. The van der Waals surface area contributed by atoms with Gasteiger partial charge in [-0.1, -0.05) is 36.4 Å². The van der Waals surface area contributed by atoms with Crippen molar-refractivity contribution in [1.82, 2.24) is 20.8 Å². The van der Waals surface area contributed by atoms with Crippen LogP contribution in [-0.4, -0.2) is 45.9 Å². The van der Waals surface area contributed by atoms with Crippen LogP contribution in [0.3, 0.4) is 0 Å². The maximum Gasteiger partial charge on any atom is 0.276 e. The number of para-hydroxylation sites is 2. The van der Waals surface area contributed by atoms with Gasteiger partial charge in [0.15, 0.2) is 13.2 Å². The minimum absolute atomic E-state index is 0. The van der Waals surface area contributed by atoms with Crippen LogP contribution in [0, 0.1) is 0 Å². The molecule has 0 spiro atoms. The van der Waals surface area contributed by atoms with E-state index in [1.54, 1.807) is 24.5 Å². The maximum atomic E-state index is 12.0. The van der Waals surface area contributed by atoms with Gasteiger partial charge in [-0.25, -0.2) is 0 Å². The lowest BCUT2D eigenvalue weighted by atomic mass is 10.2. The van der Waals surface area contributed by atoms with Crippen molar-refractivity contribution in [3.05, 3.63) is 73.1 Å². The molecule has 32 heavy (non-hydrogen) atoms. The van der Waals surface area contributed by atoms with E-state index in [4.69, 9.17) is 9.47 Å². The van der Waals surface area contributed by atoms with Crippen molar-refractivity contribution in [2.24, 2.45) is 0 Å². The molecule has 10 heteroatoms. The molecular formula is C22H22N4O6. The number of nitrogens with one attached hydrogen (secondary N) is 2. The molecule has 0 unspecified atom stereocenters. The Hall–Kier alpha value is -4.28. The standard InChI is InChI=1S/C22H18N4O4.2H2O/c27-19(13-29-17-9-1-5-15-7-3-11-23-21(15)17)25-26-20(28)14-30-18-10-2-6-16-8-4-12-24-22(16)18;;/h1-12H,13-14H2,(H,25,27)(H,26,28);2*1H2. The van der Waals surface area contributed by atoms with Crippen molar-refractivity contribution >= 4 is 33.6 Å². The predicted octanol–water partition coefficient (Wildman–Crippen LogP) is 0.739. The summed E-state index contributed by atoms with van der Waals surface area (Å²) in [5.74, 6) is -0.0473. The SMILES string of the molecule is O.O.O=C(COc1cccc2cccnc12)NNC(=O)COc1cccc2cccnc12. The van der Waals surface area contributed by atoms with Gasteiger partial charge in [0, 0.05) is 23.2 Å². The predicted molar refractivity (Wildman–Crippen MR) is 118 cm³/mol. The topological polar surface area (TPSA) is 165 Å². The highest BCUT2D eigenvalue weighted by molar-refractivity contribution is 5.87. The lowest BCUT2D eigenvalue weighted by Gasteiger charge is -2.11. The van der Waals surface area contributed by atoms with Crippen molar-refractivity contribution in [3.63, 3.8) is 0 Å². The fraction of sp³-hybridized carbons (Fsp3) is 0.0909. The van der Waals surface area contributed by atoms with E-state index in [1.807, 2.05) is 48.5 Å². The van der Waals surface area contributed by atoms with E-state index >= 15 is 0 Å². The van der Waals surface area contributed by atoms with Crippen LogP contribution in [0.5, 0.6) is 11.5 Å². The number of nitrogens with zero attached hydrogens (tertiary/aromatic N) is 2. The largest absolute Gasteiger partial charge is 0.481 e. The van der Waals surface area contributed by atoms with Gasteiger partial charge in [-0.15, -0.1) is 0 Å². The van der Waals surface area contributed by atoms with Crippen LogP contribution < -0.4 is 20.3 Å². The van der Waals surface area contributed by atoms with E-state index in [0.29, 0.717) is 22.5 Å². The van der Waals surface area contributed by atoms with Gasteiger partial charge >= 0.3 is 0 Å². The number of hydrogen-bond acceptors (Lipinski definition) is 6. The molecule has 6 N–H and O–H groups in total. The molecule has 4 rings (SSSR count). The highest BCUT2D eigenvalue weighted by atomic mass is 16.5. The zero-order valence-electron chi connectivity index (χ0n) is 16.9. The summed E-state index contributed by atoms with van der Waals surface area (Å²) in [5.41, 5.74) is 5.91. The average molecular weight is 438 g/mol. The molecule has 0 saturated carbocycles. The molecule has 0 saturated heterocycles. The molecule has 0 aliphatic carbocycles. The molecule has 0 aliphatic heterocycles. The van der Waals surface area contributed by atoms with E-state index < -0.39 is 11.8 Å². The van der Waals surface area contributed by atoms with Crippen molar-refractivity contribution in [2.45, 2.75) is 0 Å². The molecule has 0 aliphatic rings. The molecular weight excluding hydrogens is 416 g/mol. The second kappa shape index (κ2) is 11.2. The Morgan fingerprint density at radius 2 is 1.06 bits per heavy atom. The molecule has 2 aromatic heterocycles. The van der Waals surface area contributed by atoms with E-state index in [-0.39, 0.29) is 24.2 Å². The molecule has 0 radical (unpaired) electrons. The van der Waals surface area contributed by atoms with Gasteiger partial charge in [0.05, 0.1) is 0 Å². The van der Waals surface area contributed by atoms with Gasteiger partial charge in [-0.05, 0) is 24.3 Å². The van der Waals surface area contributed by atoms with Gasteiger partial charge in [0.1, 0.15) is 22.5 Å². The zero-order chi connectivity index (χ0) is 20.8. The summed E-state index contributed by atoms with van der Waals surface area (Å²) in [7, 11) is 0. The Morgan fingerprint density at radius 1 is 0.656 bits per heavy atom. The van der Waals surface area contributed by atoms with E-state index in [2.05, 4.69) is 20.8 Å².